The molecule has 20 heavy (non-hydrogen) atoms. The molecule has 0 aliphatic rings. The van der Waals surface area contributed by atoms with Gasteiger partial charge in [-0.25, -0.2) is 0 Å². The first-order valence-corrected chi connectivity index (χ1v) is 7.14. The lowest BCUT2D eigenvalue weighted by Gasteiger charge is -2.08. The van der Waals surface area contributed by atoms with Gasteiger partial charge in [-0.2, -0.15) is 0 Å². The van der Waals surface area contributed by atoms with Gasteiger partial charge < -0.3 is 5.32 Å². The summed E-state index contributed by atoms with van der Waals surface area (Å²) >= 11 is 0. The zero-order valence-corrected chi connectivity index (χ0v) is 12.4. The SMILES string of the molecule is CC.Cc1ccc(Nc2ccc3ccccc3c2)cc1. The van der Waals surface area contributed by atoms with Gasteiger partial charge in [-0.3, -0.25) is 0 Å². The van der Waals surface area contributed by atoms with Crippen molar-refractivity contribution in [2.75, 3.05) is 5.32 Å². The number of aryl methyl sites for hydroxylation is 1. The van der Waals surface area contributed by atoms with Crippen LogP contribution in [-0.2, 0) is 0 Å². The zero-order chi connectivity index (χ0) is 14.4. The Morgan fingerprint density at radius 3 is 1.95 bits per heavy atom. The average molecular weight is 263 g/mol. The molecule has 0 heterocycles. The molecule has 0 amide bonds. The summed E-state index contributed by atoms with van der Waals surface area (Å²) in [6.45, 7) is 6.10. The minimum absolute atomic E-state index is 1.12. The molecule has 0 aliphatic heterocycles. The molecule has 0 saturated heterocycles. The maximum Gasteiger partial charge on any atom is 0.0390 e. The highest BCUT2D eigenvalue weighted by molar-refractivity contribution is 5.86. The van der Waals surface area contributed by atoms with E-state index in [1.54, 1.807) is 0 Å². The second-order valence-electron chi connectivity index (χ2n) is 4.55. The molecule has 0 fully saturated rings. The van der Waals surface area contributed by atoms with Crippen molar-refractivity contribution in [1.82, 2.24) is 0 Å². The highest BCUT2D eigenvalue weighted by atomic mass is 14.9. The maximum absolute atomic E-state index is 3.42. The molecule has 102 valence electrons. The van der Waals surface area contributed by atoms with E-state index in [9.17, 15) is 0 Å². The highest BCUT2D eigenvalue weighted by Crippen LogP contribution is 2.22. The number of benzene rings is 3. The molecule has 0 unspecified atom stereocenters. The van der Waals surface area contributed by atoms with E-state index in [1.807, 2.05) is 13.8 Å². The van der Waals surface area contributed by atoms with E-state index in [1.165, 1.54) is 16.3 Å². The third-order valence-corrected chi connectivity index (χ3v) is 3.09. The van der Waals surface area contributed by atoms with Gasteiger partial charge in [0.05, 0.1) is 0 Å². The summed E-state index contributed by atoms with van der Waals surface area (Å²) < 4.78 is 0. The Bertz CT molecular complexity index is 669. The molecule has 3 aromatic carbocycles. The Morgan fingerprint density at radius 1 is 0.650 bits per heavy atom. The largest absolute Gasteiger partial charge is 0.356 e. The number of nitrogens with one attached hydrogen (secondary N) is 1. The Hall–Kier alpha value is -2.28. The van der Waals surface area contributed by atoms with Crippen LogP contribution in [0, 0.1) is 6.92 Å². The van der Waals surface area contributed by atoms with E-state index in [2.05, 4.69) is 79.0 Å². The van der Waals surface area contributed by atoms with Crippen molar-refractivity contribution in [2.45, 2.75) is 20.8 Å². The Labute approximate surface area is 121 Å². The van der Waals surface area contributed by atoms with Crippen LogP contribution in [0.1, 0.15) is 19.4 Å². The molecule has 3 aromatic rings. The fourth-order valence-corrected chi connectivity index (χ4v) is 2.07. The number of anilines is 2. The van der Waals surface area contributed by atoms with Crippen LogP contribution in [0.4, 0.5) is 11.4 Å². The van der Waals surface area contributed by atoms with Gasteiger partial charge >= 0.3 is 0 Å². The van der Waals surface area contributed by atoms with E-state index in [-0.39, 0.29) is 0 Å². The van der Waals surface area contributed by atoms with Gasteiger partial charge in [0.2, 0.25) is 0 Å². The molecule has 0 aromatic heterocycles. The minimum Gasteiger partial charge on any atom is -0.356 e. The Balaban J connectivity index is 0.000000704. The number of fused-ring (bicyclic) bond motifs is 1. The van der Waals surface area contributed by atoms with Crippen LogP contribution >= 0.6 is 0 Å². The average Bonchev–Trinajstić information content (AvgIpc) is 2.51. The lowest BCUT2D eigenvalue weighted by atomic mass is 10.1. The van der Waals surface area contributed by atoms with Crippen molar-refractivity contribution in [2.24, 2.45) is 0 Å². The van der Waals surface area contributed by atoms with Crippen molar-refractivity contribution in [3.05, 3.63) is 72.3 Å². The Morgan fingerprint density at radius 2 is 1.25 bits per heavy atom. The molecule has 1 nitrogen and oxygen atoms in total. The summed E-state index contributed by atoms with van der Waals surface area (Å²) in [6, 6.07) is 23.3. The summed E-state index contributed by atoms with van der Waals surface area (Å²) in [5.74, 6) is 0. The maximum atomic E-state index is 3.42. The zero-order valence-electron chi connectivity index (χ0n) is 12.4. The first kappa shape index (κ1) is 14.1. The monoisotopic (exact) mass is 263 g/mol. The summed E-state index contributed by atoms with van der Waals surface area (Å²) in [6.07, 6.45) is 0. The summed E-state index contributed by atoms with van der Waals surface area (Å²) in [4.78, 5) is 0. The number of rotatable bonds is 2. The van der Waals surface area contributed by atoms with E-state index in [0.717, 1.165) is 11.4 Å². The van der Waals surface area contributed by atoms with Crippen LogP contribution in [0.3, 0.4) is 0 Å². The molecule has 0 radical (unpaired) electrons. The molecular formula is C19H21N. The second kappa shape index (κ2) is 6.76. The van der Waals surface area contributed by atoms with Gasteiger partial charge in [0.1, 0.15) is 0 Å². The molecule has 0 saturated carbocycles. The van der Waals surface area contributed by atoms with E-state index in [0.29, 0.717) is 0 Å². The van der Waals surface area contributed by atoms with Gasteiger partial charge in [0.15, 0.2) is 0 Å². The van der Waals surface area contributed by atoms with E-state index >= 15 is 0 Å². The standard InChI is InChI=1S/C17H15N.C2H6/c1-13-6-9-16(10-7-13)18-17-11-8-14-4-2-3-5-15(14)12-17;1-2/h2-12,18H,1H3;1-2H3. The molecule has 1 N–H and O–H groups in total. The first-order chi connectivity index (χ1) is 9.81. The third-order valence-electron chi connectivity index (χ3n) is 3.09. The predicted octanol–water partition coefficient (Wildman–Crippen LogP) is 5.92. The summed E-state index contributed by atoms with van der Waals surface area (Å²) in [7, 11) is 0. The molecular weight excluding hydrogens is 242 g/mol. The van der Waals surface area contributed by atoms with Crippen molar-refractivity contribution in [3.63, 3.8) is 0 Å². The predicted molar refractivity (Wildman–Crippen MR) is 89.8 cm³/mol. The lowest BCUT2D eigenvalue weighted by molar-refractivity contribution is 1.46. The van der Waals surface area contributed by atoms with Crippen LogP contribution in [0.25, 0.3) is 10.8 Å². The lowest BCUT2D eigenvalue weighted by Crippen LogP contribution is -1.89. The van der Waals surface area contributed by atoms with Crippen LogP contribution < -0.4 is 5.32 Å². The van der Waals surface area contributed by atoms with Crippen LogP contribution in [-0.4, -0.2) is 0 Å². The summed E-state index contributed by atoms with van der Waals surface area (Å²) in [5.41, 5.74) is 3.52. The van der Waals surface area contributed by atoms with Crippen LogP contribution in [0.15, 0.2) is 66.7 Å². The van der Waals surface area contributed by atoms with Crippen molar-refractivity contribution in [3.8, 4) is 0 Å². The normalized spacial score (nSPS) is 9.75. The van der Waals surface area contributed by atoms with Crippen molar-refractivity contribution < 1.29 is 0 Å². The van der Waals surface area contributed by atoms with Crippen molar-refractivity contribution >= 4 is 22.1 Å². The molecule has 0 aliphatic carbocycles. The van der Waals surface area contributed by atoms with Gasteiger partial charge in [-0.05, 0) is 42.0 Å². The van der Waals surface area contributed by atoms with Crippen LogP contribution in [0.5, 0.6) is 0 Å². The fourth-order valence-electron chi connectivity index (χ4n) is 2.07. The van der Waals surface area contributed by atoms with E-state index < -0.39 is 0 Å². The molecule has 3 rings (SSSR count). The van der Waals surface area contributed by atoms with Gasteiger partial charge in [0.25, 0.3) is 0 Å². The van der Waals surface area contributed by atoms with Crippen molar-refractivity contribution in [1.29, 1.82) is 0 Å². The minimum atomic E-state index is 1.12. The quantitative estimate of drug-likeness (QED) is 0.605. The Kier molecular flexibility index (Phi) is 4.78. The number of hydrogen-bond acceptors (Lipinski definition) is 1. The fraction of sp³-hybridized carbons (Fsp3) is 0.158. The summed E-state index contributed by atoms with van der Waals surface area (Å²) in [5, 5.41) is 5.95. The smallest absolute Gasteiger partial charge is 0.0390 e. The molecule has 0 spiro atoms. The molecule has 1 heteroatoms. The highest BCUT2D eigenvalue weighted by Gasteiger charge is 1.97. The molecule has 0 bridgehead atoms. The first-order valence-electron chi connectivity index (χ1n) is 7.14. The third kappa shape index (κ3) is 3.39. The topological polar surface area (TPSA) is 12.0 Å². The van der Waals surface area contributed by atoms with Crippen LogP contribution in [0.2, 0.25) is 0 Å². The molecule has 0 atom stereocenters. The van der Waals surface area contributed by atoms with E-state index in [4.69, 9.17) is 0 Å². The second-order valence-corrected chi connectivity index (χ2v) is 4.55. The van der Waals surface area contributed by atoms with Gasteiger partial charge in [-0.15, -0.1) is 0 Å². The van der Waals surface area contributed by atoms with Gasteiger partial charge in [0, 0.05) is 11.4 Å². The van der Waals surface area contributed by atoms with Gasteiger partial charge in [-0.1, -0.05) is 61.9 Å². The number of hydrogen-bond donors (Lipinski definition) is 1.